The smallest absolute Gasteiger partial charge is 0.178 e. The highest BCUT2D eigenvalue weighted by Gasteiger charge is 2.78. The van der Waals surface area contributed by atoms with Gasteiger partial charge in [-0.2, -0.15) is 0 Å². The Morgan fingerprint density at radius 1 is 1.18 bits per heavy atom. The number of hydrogen-bond donors (Lipinski definition) is 1. The largest absolute Gasteiger partial charge is 0.507 e. The Morgan fingerprint density at radius 3 is 2.27 bits per heavy atom. The van der Waals surface area contributed by atoms with Crippen LogP contribution in [0.4, 0.5) is 0 Å². The van der Waals surface area contributed by atoms with Crippen LogP contribution in [-0.2, 0) is 4.74 Å². The maximum Gasteiger partial charge on any atom is 0.178 e. The van der Waals surface area contributed by atoms with Crippen LogP contribution in [0, 0.1) is 0 Å². The van der Waals surface area contributed by atoms with Gasteiger partial charge in [-0.25, -0.2) is 0 Å². The Balaban J connectivity index is 0.000000164. The second-order valence-electron chi connectivity index (χ2n) is 5.21. The first-order chi connectivity index (χ1) is 10.2. The molecule has 2 aliphatic rings. The predicted octanol–water partition coefficient (Wildman–Crippen LogP) is 5.92. The SMILES string of the molecule is C=CC12OC1(Cl)CCCC2(Cl)Cl.C=Cc1c(O)cccc1Cl. The van der Waals surface area contributed by atoms with Gasteiger partial charge in [0.2, 0.25) is 0 Å². The van der Waals surface area contributed by atoms with Crippen LogP contribution >= 0.6 is 46.4 Å². The topological polar surface area (TPSA) is 32.8 Å². The van der Waals surface area contributed by atoms with Crippen molar-refractivity contribution in [1.82, 2.24) is 0 Å². The maximum atomic E-state index is 9.14. The fourth-order valence-corrected chi connectivity index (χ4v) is 4.25. The van der Waals surface area contributed by atoms with Gasteiger partial charge in [-0.15, -0.1) is 0 Å². The van der Waals surface area contributed by atoms with Crippen molar-refractivity contribution in [2.45, 2.75) is 34.3 Å². The molecule has 2 unspecified atom stereocenters. The average molecular weight is 382 g/mol. The standard InChI is InChI=1S/C8H9Cl3O.C8H7ClO/c1-2-6-7(9,10)4-3-5-8(6,11)12-6;1-2-6-7(9)4-3-5-8(6)10/h2H,1,3-5H2;2-5,10H,1H2. The number of rotatable bonds is 2. The minimum absolute atomic E-state index is 0.169. The summed E-state index contributed by atoms with van der Waals surface area (Å²) < 4.78 is 4.49. The molecule has 22 heavy (non-hydrogen) atoms. The number of fused-ring (bicyclic) bond motifs is 1. The van der Waals surface area contributed by atoms with E-state index in [1.165, 1.54) is 6.08 Å². The first-order valence-corrected chi connectivity index (χ1v) is 8.24. The van der Waals surface area contributed by atoms with E-state index in [4.69, 9.17) is 56.2 Å². The van der Waals surface area contributed by atoms with E-state index in [-0.39, 0.29) is 5.75 Å². The van der Waals surface area contributed by atoms with Crippen LogP contribution in [0.2, 0.25) is 5.02 Å². The quantitative estimate of drug-likeness (QED) is 0.391. The molecule has 1 aromatic carbocycles. The molecule has 6 heteroatoms. The zero-order valence-corrected chi connectivity index (χ0v) is 14.8. The molecule has 3 rings (SSSR count). The molecule has 1 aromatic rings. The van der Waals surface area contributed by atoms with Gasteiger partial charge in [0.15, 0.2) is 15.0 Å². The highest BCUT2D eigenvalue weighted by Crippen LogP contribution is 2.68. The summed E-state index contributed by atoms with van der Waals surface area (Å²) in [5.74, 6) is 0.169. The molecule has 0 bridgehead atoms. The number of phenols is 1. The summed E-state index contributed by atoms with van der Waals surface area (Å²) in [5, 5.41) is 8.97. The first-order valence-electron chi connectivity index (χ1n) is 6.73. The van der Waals surface area contributed by atoms with Crippen molar-refractivity contribution in [3.63, 3.8) is 0 Å². The van der Waals surface area contributed by atoms with E-state index in [9.17, 15) is 0 Å². The summed E-state index contributed by atoms with van der Waals surface area (Å²) >= 11 is 24.0. The van der Waals surface area contributed by atoms with Crippen LogP contribution in [0.15, 0.2) is 37.4 Å². The maximum absolute atomic E-state index is 9.14. The first kappa shape index (κ1) is 18.0. The number of halogens is 4. The van der Waals surface area contributed by atoms with Crippen molar-refractivity contribution in [2.24, 2.45) is 0 Å². The number of alkyl halides is 3. The third-order valence-electron chi connectivity index (χ3n) is 3.89. The van der Waals surface area contributed by atoms with Gasteiger partial charge in [-0.1, -0.05) is 77.8 Å². The van der Waals surface area contributed by atoms with Crippen LogP contribution in [0.25, 0.3) is 6.08 Å². The molecule has 1 saturated heterocycles. The van der Waals surface area contributed by atoms with E-state index < -0.39 is 15.0 Å². The lowest BCUT2D eigenvalue weighted by molar-refractivity contribution is 0.312. The molecule has 0 amide bonds. The second kappa shape index (κ2) is 6.26. The van der Waals surface area contributed by atoms with Crippen LogP contribution in [0.5, 0.6) is 5.75 Å². The average Bonchev–Trinajstić information content (AvgIpc) is 3.08. The van der Waals surface area contributed by atoms with Crippen LogP contribution < -0.4 is 0 Å². The lowest BCUT2D eigenvalue weighted by Gasteiger charge is -2.30. The Bertz CT molecular complexity index is 582. The lowest BCUT2D eigenvalue weighted by Crippen LogP contribution is -2.41. The number of epoxide rings is 1. The van der Waals surface area contributed by atoms with E-state index in [2.05, 4.69) is 13.2 Å². The van der Waals surface area contributed by atoms with Crippen molar-refractivity contribution >= 4 is 52.5 Å². The molecule has 0 aromatic heterocycles. The van der Waals surface area contributed by atoms with Crippen molar-refractivity contribution in [3.05, 3.63) is 48.0 Å². The van der Waals surface area contributed by atoms with Gasteiger partial charge in [-0.05, 0) is 31.4 Å². The van der Waals surface area contributed by atoms with Gasteiger partial charge >= 0.3 is 0 Å². The molecule has 2 atom stereocenters. The van der Waals surface area contributed by atoms with Gasteiger partial charge in [0, 0.05) is 5.56 Å². The number of aromatic hydroxyl groups is 1. The van der Waals surface area contributed by atoms with Crippen LogP contribution in [0.3, 0.4) is 0 Å². The monoisotopic (exact) mass is 380 g/mol. The molecule has 1 aliphatic heterocycles. The van der Waals surface area contributed by atoms with Gasteiger partial charge in [0.1, 0.15) is 5.75 Å². The Kier molecular flexibility index (Phi) is 5.11. The number of benzene rings is 1. The molecule has 1 aliphatic carbocycles. The minimum atomic E-state index is -0.908. The van der Waals surface area contributed by atoms with E-state index >= 15 is 0 Å². The third kappa shape index (κ3) is 2.88. The molecule has 1 heterocycles. The molecule has 0 radical (unpaired) electrons. The van der Waals surface area contributed by atoms with E-state index in [1.807, 2.05) is 0 Å². The number of ether oxygens (including phenoxy) is 1. The predicted molar refractivity (Wildman–Crippen MR) is 94.1 cm³/mol. The van der Waals surface area contributed by atoms with Gasteiger partial charge in [0.25, 0.3) is 0 Å². The van der Waals surface area contributed by atoms with E-state index in [1.54, 1.807) is 24.3 Å². The Morgan fingerprint density at radius 2 is 1.86 bits per heavy atom. The molecular weight excluding hydrogens is 366 g/mol. The molecule has 2 fully saturated rings. The summed E-state index contributed by atoms with van der Waals surface area (Å²) in [5.41, 5.74) is -0.132. The second-order valence-corrected chi connectivity index (χ2v) is 7.71. The summed E-state index contributed by atoms with van der Waals surface area (Å²) in [6.07, 6.45) is 5.54. The minimum Gasteiger partial charge on any atom is -0.507 e. The van der Waals surface area contributed by atoms with Crippen molar-refractivity contribution < 1.29 is 9.84 Å². The van der Waals surface area contributed by atoms with E-state index in [0.29, 0.717) is 17.0 Å². The normalized spacial score (nSPS) is 31.3. The molecule has 1 saturated carbocycles. The Hall–Kier alpha value is -0.380. The van der Waals surface area contributed by atoms with Gasteiger partial charge in [-0.3, -0.25) is 0 Å². The molecule has 2 nitrogen and oxygen atoms in total. The molecule has 120 valence electrons. The summed E-state index contributed by atoms with van der Waals surface area (Å²) in [6.45, 7) is 7.17. The molecule has 1 N–H and O–H groups in total. The number of phenolic OH excluding ortho intramolecular Hbond substituents is 1. The van der Waals surface area contributed by atoms with Crippen LogP contribution in [0.1, 0.15) is 24.8 Å². The van der Waals surface area contributed by atoms with Crippen LogP contribution in [-0.4, -0.2) is 20.1 Å². The zero-order chi connectivity index (χ0) is 16.6. The molecule has 0 spiro atoms. The van der Waals surface area contributed by atoms with Crippen molar-refractivity contribution in [1.29, 1.82) is 0 Å². The number of hydrogen-bond acceptors (Lipinski definition) is 2. The third-order valence-corrected chi connectivity index (χ3v) is 5.71. The fraction of sp³-hybridized carbons (Fsp3) is 0.375. The van der Waals surface area contributed by atoms with Gasteiger partial charge < -0.3 is 9.84 Å². The Labute approximate surface area is 150 Å². The zero-order valence-electron chi connectivity index (χ0n) is 11.8. The van der Waals surface area contributed by atoms with E-state index in [0.717, 1.165) is 12.8 Å². The highest BCUT2D eigenvalue weighted by molar-refractivity contribution is 6.51. The van der Waals surface area contributed by atoms with Crippen molar-refractivity contribution in [2.75, 3.05) is 0 Å². The highest BCUT2D eigenvalue weighted by atomic mass is 35.5. The summed E-state index contributed by atoms with van der Waals surface area (Å²) in [7, 11) is 0. The van der Waals surface area contributed by atoms with Crippen molar-refractivity contribution in [3.8, 4) is 5.75 Å². The summed E-state index contributed by atoms with van der Waals surface area (Å²) in [4.78, 5) is 0. The molecular formula is C16H16Cl4O2. The van der Waals surface area contributed by atoms with Gasteiger partial charge in [0.05, 0.1) is 5.02 Å². The fourth-order valence-electron chi connectivity index (χ4n) is 2.61. The summed E-state index contributed by atoms with van der Waals surface area (Å²) in [6, 6.07) is 4.96. The lowest BCUT2D eigenvalue weighted by atomic mass is 9.87.